The summed E-state index contributed by atoms with van der Waals surface area (Å²) in [4.78, 5) is 4.72. The van der Waals surface area contributed by atoms with Gasteiger partial charge in [0.1, 0.15) is 17.2 Å². The Morgan fingerprint density at radius 2 is 1.73 bits per heavy atom. The Balaban J connectivity index is 2.34. The molecular weight excluding hydrogens is 274 g/mol. The maximum Gasteiger partial charge on any atom is 0.139 e. The van der Waals surface area contributed by atoms with Gasteiger partial charge in [-0.2, -0.15) is 0 Å². The summed E-state index contributed by atoms with van der Waals surface area (Å²) in [6.07, 6.45) is 1.84. The van der Waals surface area contributed by atoms with Crippen LogP contribution in [0.4, 0.5) is 5.82 Å². The van der Waals surface area contributed by atoms with Crippen molar-refractivity contribution in [3.05, 3.63) is 52.2 Å². The molecule has 0 aliphatic rings. The zero-order valence-corrected chi connectivity index (χ0v) is 13.4. The van der Waals surface area contributed by atoms with E-state index < -0.39 is 0 Å². The third-order valence-electron chi connectivity index (χ3n) is 4.50. The number of aromatic nitrogens is 2. The number of pyridine rings is 1. The first kappa shape index (κ1) is 14.6. The number of nitrogens with two attached hydrogens (primary N) is 1. The highest BCUT2D eigenvalue weighted by molar-refractivity contribution is 5.80. The van der Waals surface area contributed by atoms with Gasteiger partial charge in [-0.05, 0) is 61.6 Å². The number of aryl methyl sites for hydroxylation is 2. The van der Waals surface area contributed by atoms with E-state index in [1.54, 1.807) is 0 Å². The lowest BCUT2D eigenvalue weighted by molar-refractivity contribution is 0.281. The molecule has 22 heavy (non-hydrogen) atoms. The molecule has 0 radical (unpaired) electrons. The number of aliphatic hydroxyl groups excluding tert-OH is 1. The van der Waals surface area contributed by atoms with Crippen LogP contribution >= 0.6 is 0 Å². The van der Waals surface area contributed by atoms with E-state index in [0.717, 1.165) is 22.5 Å². The predicted molar refractivity (Wildman–Crippen MR) is 89.9 cm³/mol. The van der Waals surface area contributed by atoms with Crippen LogP contribution in [0.1, 0.15) is 27.8 Å². The van der Waals surface area contributed by atoms with E-state index in [-0.39, 0.29) is 6.61 Å². The molecule has 0 spiro atoms. The molecule has 2 heterocycles. The summed E-state index contributed by atoms with van der Waals surface area (Å²) >= 11 is 0. The summed E-state index contributed by atoms with van der Waals surface area (Å²) in [5.41, 5.74) is 14.8. The predicted octanol–water partition coefficient (Wildman–Crippen LogP) is 3.31. The quantitative estimate of drug-likeness (QED) is 0.762. The van der Waals surface area contributed by atoms with Gasteiger partial charge in [0, 0.05) is 11.8 Å². The lowest BCUT2D eigenvalue weighted by Gasteiger charge is -2.14. The highest BCUT2D eigenvalue weighted by Crippen LogP contribution is 2.34. The molecule has 0 atom stereocenters. The normalized spacial score (nSPS) is 11.3. The van der Waals surface area contributed by atoms with Gasteiger partial charge in [0.2, 0.25) is 0 Å². The van der Waals surface area contributed by atoms with Crippen LogP contribution in [-0.4, -0.2) is 14.5 Å². The number of nitrogens with zero attached hydrogens (tertiary/aromatic N) is 2. The van der Waals surface area contributed by atoms with E-state index in [1.165, 1.54) is 22.3 Å². The second-order valence-electron chi connectivity index (χ2n) is 5.90. The second kappa shape index (κ2) is 5.14. The summed E-state index contributed by atoms with van der Waals surface area (Å²) in [7, 11) is 0. The molecule has 3 aromatic rings. The number of hydrogen-bond donors (Lipinski definition) is 2. The third kappa shape index (κ3) is 2.07. The first-order valence-electron chi connectivity index (χ1n) is 7.39. The van der Waals surface area contributed by atoms with E-state index in [2.05, 4.69) is 33.8 Å². The SMILES string of the molecule is Cc1cc(C)c(C)c(-c2nc3ccc(CO)cn3c2N)c1C. The van der Waals surface area contributed by atoms with Crippen molar-refractivity contribution in [3.63, 3.8) is 0 Å². The van der Waals surface area contributed by atoms with E-state index in [9.17, 15) is 5.11 Å². The first-order chi connectivity index (χ1) is 10.4. The zero-order chi connectivity index (χ0) is 16.0. The third-order valence-corrected chi connectivity index (χ3v) is 4.50. The van der Waals surface area contributed by atoms with Gasteiger partial charge in [-0.1, -0.05) is 12.1 Å². The van der Waals surface area contributed by atoms with Crippen LogP contribution in [0.25, 0.3) is 16.9 Å². The van der Waals surface area contributed by atoms with Gasteiger partial charge in [0.05, 0.1) is 6.61 Å². The van der Waals surface area contributed by atoms with Gasteiger partial charge in [0.25, 0.3) is 0 Å². The van der Waals surface area contributed by atoms with Gasteiger partial charge < -0.3 is 10.8 Å². The minimum absolute atomic E-state index is 0.00942. The van der Waals surface area contributed by atoms with Crippen molar-refractivity contribution in [2.75, 3.05) is 5.73 Å². The van der Waals surface area contributed by atoms with Gasteiger partial charge >= 0.3 is 0 Å². The molecule has 2 aromatic heterocycles. The van der Waals surface area contributed by atoms with Crippen molar-refractivity contribution < 1.29 is 5.11 Å². The van der Waals surface area contributed by atoms with Crippen LogP contribution in [0.2, 0.25) is 0 Å². The van der Waals surface area contributed by atoms with Gasteiger partial charge in [-0.15, -0.1) is 0 Å². The fourth-order valence-corrected chi connectivity index (χ4v) is 2.96. The van der Waals surface area contributed by atoms with Crippen molar-refractivity contribution in [1.29, 1.82) is 0 Å². The smallest absolute Gasteiger partial charge is 0.139 e. The molecule has 0 unspecified atom stereocenters. The number of hydrogen-bond acceptors (Lipinski definition) is 3. The monoisotopic (exact) mass is 295 g/mol. The zero-order valence-electron chi connectivity index (χ0n) is 13.4. The molecule has 0 saturated heterocycles. The number of anilines is 1. The highest BCUT2D eigenvalue weighted by atomic mass is 16.3. The van der Waals surface area contributed by atoms with Crippen LogP contribution in [0, 0.1) is 27.7 Å². The molecule has 4 heteroatoms. The van der Waals surface area contributed by atoms with Crippen LogP contribution in [-0.2, 0) is 6.61 Å². The highest BCUT2D eigenvalue weighted by Gasteiger charge is 2.18. The summed E-state index contributed by atoms with van der Waals surface area (Å²) in [5, 5.41) is 9.30. The van der Waals surface area contributed by atoms with E-state index in [0.29, 0.717) is 5.82 Å². The molecule has 1 aromatic carbocycles. The van der Waals surface area contributed by atoms with Gasteiger partial charge in [-0.3, -0.25) is 4.40 Å². The van der Waals surface area contributed by atoms with Gasteiger partial charge in [-0.25, -0.2) is 4.98 Å². The lowest BCUT2D eigenvalue weighted by Crippen LogP contribution is -1.99. The molecule has 114 valence electrons. The lowest BCUT2D eigenvalue weighted by atomic mass is 9.92. The maximum atomic E-state index is 9.30. The molecule has 0 aliphatic heterocycles. The minimum atomic E-state index is -0.00942. The first-order valence-corrected chi connectivity index (χ1v) is 7.39. The molecule has 0 aliphatic carbocycles. The van der Waals surface area contributed by atoms with Crippen molar-refractivity contribution in [2.45, 2.75) is 34.3 Å². The average Bonchev–Trinajstić information content (AvgIpc) is 2.82. The summed E-state index contributed by atoms with van der Waals surface area (Å²) < 4.78 is 1.84. The average molecular weight is 295 g/mol. The number of nitrogen functional groups attached to an aromatic ring is 1. The molecular formula is C18H21N3O. The minimum Gasteiger partial charge on any atom is -0.392 e. The Labute approximate surface area is 130 Å². The Morgan fingerprint density at radius 3 is 2.32 bits per heavy atom. The van der Waals surface area contributed by atoms with E-state index >= 15 is 0 Å². The van der Waals surface area contributed by atoms with Crippen molar-refractivity contribution >= 4 is 11.5 Å². The number of aliphatic hydroxyl groups is 1. The molecule has 3 rings (SSSR count). The number of fused-ring (bicyclic) bond motifs is 1. The molecule has 0 amide bonds. The van der Waals surface area contributed by atoms with Crippen LogP contribution in [0.3, 0.4) is 0 Å². The largest absolute Gasteiger partial charge is 0.392 e. The number of benzene rings is 1. The van der Waals surface area contributed by atoms with Crippen LogP contribution < -0.4 is 5.73 Å². The van der Waals surface area contributed by atoms with Crippen molar-refractivity contribution in [1.82, 2.24) is 9.38 Å². The number of rotatable bonds is 2. The molecule has 3 N–H and O–H groups in total. The Kier molecular flexibility index (Phi) is 3.41. The molecule has 0 bridgehead atoms. The van der Waals surface area contributed by atoms with Crippen LogP contribution in [0.5, 0.6) is 0 Å². The van der Waals surface area contributed by atoms with Crippen LogP contribution in [0.15, 0.2) is 24.4 Å². The fourth-order valence-electron chi connectivity index (χ4n) is 2.96. The van der Waals surface area contributed by atoms with E-state index in [4.69, 9.17) is 10.7 Å². The maximum absolute atomic E-state index is 9.30. The number of imidazole rings is 1. The van der Waals surface area contributed by atoms with Gasteiger partial charge in [0.15, 0.2) is 0 Å². The Hall–Kier alpha value is -2.33. The van der Waals surface area contributed by atoms with Crippen molar-refractivity contribution in [2.24, 2.45) is 0 Å². The summed E-state index contributed by atoms with van der Waals surface area (Å²) in [6, 6.07) is 5.95. The summed E-state index contributed by atoms with van der Waals surface area (Å²) in [6.45, 7) is 8.44. The Morgan fingerprint density at radius 1 is 1.09 bits per heavy atom. The fraction of sp³-hybridized carbons (Fsp3) is 0.278. The topological polar surface area (TPSA) is 63.5 Å². The van der Waals surface area contributed by atoms with E-state index in [1.807, 2.05) is 22.7 Å². The second-order valence-corrected chi connectivity index (χ2v) is 5.90. The van der Waals surface area contributed by atoms with Crippen molar-refractivity contribution in [3.8, 4) is 11.3 Å². The summed E-state index contributed by atoms with van der Waals surface area (Å²) in [5.74, 6) is 0.613. The molecule has 0 saturated carbocycles. The molecule has 0 fully saturated rings. The Bertz CT molecular complexity index is 852. The molecule has 4 nitrogen and oxygen atoms in total. The standard InChI is InChI=1S/C18H21N3O/c1-10-7-11(2)13(4)16(12(10)3)17-18(19)21-8-14(9-22)5-6-15(21)20-17/h5-8,22H,9,19H2,1-4H3.